The molecule has 11 rings (SSSR count). The summed E-state index contributed by atoms with van der Waals surface area (Å²) in [6.07, 6.45) is 0. The van der Waals surface area contributed by atoms with Gasteiger partial charge in [-0.3, -0.25) is 0 Å². The maximum absolute atomic E-state index is 6.81. The van der Waals surface area contributed by atoms with Crippen molar-refractivity contribution in [2.24, 2.45) is 0 Å². The summed E-state index contributed by atoms with van der Waals surface area (Å²) in [4.78, 5) is 2.44. The van der Waals surface area contributed by atoms with Gasteiger partial charge in [0.1, 0.15) is 5.58 Å². The quantitative estimate of drug-likeness (QED) is 0.180. The molecule has 2 aromatic heterocycles. The highest BCUT2D eigenvalue weighted by Gasteiger charge is 2.46. The van der Waals surface area contributed by atoms with Crippen molar-refractivity contribution >= 4 is 70.5 Å². The summed E-state index contributed by atoms with van der Waals surface area (Å²) in [7, 11) is 0. The normalized spacial score (nSPS) is 13.2. The predicted octanol–water partition coefficient (Wildman–Crippen LogP) is 13.8. The van der Waals surface area contributed by atoms with Gasteiger partial charge in [0, 0.05) is 32.2 Å². The zero-order valence-electron chi connectivity index (χ0n) is 28.2. The van der Waals surface area contributed by atoms with Crippen molar-refractivity contribution < 1.29 is 4.42 Å². The molecule has 0 bridgehead atoms. The van der Waals surface area contributed by atoms with Gasteiger partial charge in [0.05, 0.1) is 21.2 Å². The van der Waals surface area contributed by atoms with Crippen molar-refractivity contribution in [3.05, 3.63) is 210 Å². The van der Waals surface area contributed by atoms with E-state index in [1.54, 1.807) is 0 Å². The van der Waals surface area contributed by atoms with Crippen molar-refractivity contribution in [1.29, 1.82) is 0 Å². The van der Waals surface area contributed by atoms with Crippen LogP contribution >= 0.6 is 11.3 Å². The molecule has 0 N–H and O–H groups in total. The lowest BCUT2D eigenvalue weighted by Gasteiger charge is -2.35. The molecule has 244 valence electrons. The number of anilines is 3. The molecular formula is C49H31NOS. The fraction of sp³-hybridized carbons (Fsp3) is 0.0204. The number of thiophene rings is 1. The first-order valence-corrected chi connectivity index (χ1v) is 18.6. The maximum Gasteiger partial charge on any atom is 0.155 e. The Balaban J connectivity index is 1.26. The van der Waals surface area contributed by atoms with Crippen LogP contribution in [0.4, 0.5) is 17.1 Å². The highest BCUT2D eigenvalue weighted by atomic mass is 32.1. The van der Waals surface area contributed by atoms with Crippen molar-refractivity contribution in [3.63, 3.8) is 0 Å². The Morgan fingerprint density at radius 3 is 1.85 bits per heavy atom. The number of nitrogens with zero attached hydrogens (tertiary/aromatic N) is 1. The smallest absolute Gasteiger partial charge is 0.155 e. The fourth-order valence-corrected chi connectivity index (χ4v) is 9.97. The van der Waals surface area contributed by atoms with E-state index >= 15 is 0 Å². The first-order valence-electron chi connectivity index (χ1n) is 17.8. The fourth-order valence-electron chi connectivity index (χ4n) is 8.80. The summed E-state index contributed by atoms with van der Waals surface area (Å²) in [6.45, 7) is 0. The molecule has 0 saturated heterocycles. The van der Waals surface area contributed by atoms with Gasteiger partial charge in [0.25, 0.3) is 0 Å². The lowest BCUT2D eigenvalue weighted by molar-refractivity contribution is 0.673. The summed E-state index contributed by atoms with van der Waals surface area (Å²) in [6, 6.07) is 68.5. The van der Waals surface area contributed by atoms with E-state index in [-0.39, 0.29) is 0 Å². The third-order valence-corrected chi connectivity index (χ3v) is 12.1. The Kier molecular flexibility index (Phi) is 6.37. The number of para-hydroxylation sites is 2. The largest absolute Gasteiger partial charge is 0.454 e. The number of hydrogen-bond donors (Lipinski definition) is 0. The zero-order chi connectivity index (χ0) is 34.2. The van der Waals surface area contributed by atoms with Crippen molar-refractivity contribution in [2.45, 2.75) is 5.41 Å². The number of furan rings is 1. The Morgan fingerprint density at radius 2 is 1.08 bits per heavy atom. The van der Waals surface area contributed by atoms with E-state index in [1.165, 1.54) is 53.6 Å². The van der Waals surface area contributed by atoms with Crippen LogP contribution in [0, 0.1) is 0 Å². The van der Waals surface area contributed by atoms with Gasteiger partial charge < -0.3 is 9.32 Å². The van der Waals surface area contributed by atoms with Gasteiger partial charge >= 0.3 is 0 Å². The molecule has 52 heavy (non-hydrogen) atoms. The minimum Gasteiger partial charge on any atom is -0.454 e. The van der Waals surface area contributed by atoms with Gasteiger partial charge in [0.15, 0.2) is 5.58 Å². The second-order valence-corrected chi connectivity index (χ2v) is 14.7. The van der Waals surface area contributed by atoms with Crippen molar-refractivity contribution in [2.75, 3.05) is 4.90 Å². The average molecular weight is 682 g/mol. The summed E-state index contributed by atoms with van der Waals surface area (Å²) < 4.78 is 9.25. The summed E-state index contributed by atoms with van der Waals surface area (Å²) in [5, 5.41) is 4.69. The van der Waals surface area contributed by atoms with Crippen LogP contribution in [-0.2, 0) is 5.41 Å². The van der Waals surface area contributed by atoms with Gasteiger partial charge in [-0.15, -0.1) is 11.3 Å². The first-order chi connectivity index (χ1) is 25.8. The van der Waals surface area contributed by atoms with Crippen LogP contribution < -0.4 is 4.90 Å². The van der Waals surface area contributed by atoms with Crippen LogP contribution in [0.1, 0.15) is 22.3 Å². The highest BCUT2D eigenvalue weighted by molar-refractivity contribution is 7.26. The van der Waals surface area contributed by atoms with E-state index in [2.05, 4.69) is 193 Å². The van der Waals surface area contributed by atoms with Crippen LogP contribution in [0.5, 0.6) is 0 Å². The molecule has 0 amide bonds. The van der Waals surface area contributed by atoms with E-state index in [9.17, 15) is 0 Å². The Bertz CT molecular complexity index is 2920. The molecule has 0 radical (unpaired) electrons. The molecule has 0 aliphatic heterocycles. The Morgan fingerprint density at radius 1 is 0.462 bits per heavy atom. The van der Waals surface area contributed by atoms with E-state index in [1.807, 2.05) is 11.3 Å². The van der Waals surface area contributed by atoms with Crippen LogP contribution in [0.15, 0.2) is 192 Å². The van der Waals surface area contributed by atoms with Crippen LogP contribution in [0.3, 0.4) is 0 Å². The van der Waals surface area contributed by atoms with Crippen molar-refractivity contribution in [1.82, 2.24) is 0 Å². The topological polar surface area (TPSA) is 16.4 Å². The van der Waals surface area contributed by atoms with Crippen LogP contribution in [0.25, 0.3) is 53.2 Å². The minimum absolute atomic E-state index is 0.502. The van der Waals surface area contributed by atoms with Gasteiger partial charge in [-0.2, -0.15) is 0 Å². The number of fused-ring (bicyclic) bond motifs is 10. The van der Waals surface area contributed by atoms with Gasteiger partial charge in [-0.05, 0) is 75.8 Å². The van der Waals surface area contributed by atoms with Crippen LogP contribution in [-0.4, -0.2) is 0 Å². The van der Waals surface area contributed by atoms with Crippen LogP contribution in [0.2, 0.25) is 0 Å². The monoisotopic (exact) mass is 681 g/mol. The molecule has 10 aromatic rings. The molecule has 1 aliphatic carbocycles. The first kappa shape index (κ1) is 29.3. The molecule has 2 heterocycles. The maximum atomic E-state index is 6.81. The van der Waals surface area contributed by atoms with E-state index < -0.39 is 5.41 Å². The molecule has 0 spiro atoms. The van der Waals surface area contributed by atoms with E-state index in [4.69, 9.17) is 4.42 Å². The van der Waals surface area contributed by atoms with Crippen molar-refractivity contribution in [3.8, 4) is 11.1 Å². The van der Waals surface area contributed by atoms with E-state index in [0.717, 1.165) is 39.0 Å². The van der Waals surface area contributed by atoms with Gasteiger partial charge in [0.2, 0.25) is 0 Å². The summed E-state index contributed by atoms with van der Waals surface area (Å²) >= 11 is 1.81. The molecular weight excluding hydrogens is 651 g/mol. The molecule has 3 heteroatoms. The predicted molar refractivity (Wildman–Crippen MR) is 219 cm³/mol. The standard InChI is InChI=1S/C49H31NOS/c1-4-16-32(17-5-1)49(33-18-6-2-7-19-33)41-25-13-10-22-36(41)37-29-28-35(30-42(37)49)50(34-20-8-3-9-21-34)43-31-40-38-23-12-15-27-45(38)52-48(40)47-46(43)39-24-11-14-26-44(39)51-47/h1-31H. The second kappa shape index (κ2) is 11.3. The van der Waals surface area contributed by atoms with Gasteiger partial charge in [-0.25, -0.2) is 0 Å². The molecule has 1 aliphatic rings. The SMILES string of the molecule is c1ccc(N(c2ccc3c(c2)C(c2ccccc2)(c2ccccc2)c2ccccc2-3)c2cc3c4ccccc4sc3c3oc4ccccc4c23)cc1. The highest BCUT2D eigenvalue weighted by Crippen LogP contribution is 2.58. The number of benzene rings is 8. The zero-order valence-corrected chi connectivity index (χ0v) is 29.0. The third kappa shape index (κ3) is 4.06. The lowest BCUT2D eigenvalue weighted by Crippen LogP contribution is -2.28. The third-order valence-electron chi connectivity index (χ3n) is 10.9. The number of hydrogen-bond acceptors (Lipinski definition) is 3. The second-order valence-electron chi connectivity index (χ2n) is 13.6. The minimum atomic E-state index is -0.502. The lowest BCUT2D eigenvalue weighted by atomic mass is 9.67. The Labute approximate surface area is 305 Å². The molecule has 2 nitrogen and oxygen atoms in total. The summed E-state index contributed by atoms with van der Waals surface area (Å²) in [5.41, 5.74) is 12.3. The average Bonchev–Trinajstić information content (AvgIpc) is 3.88. The molecule has 0 unspecified atom stereocenters. The van der Waals surface area contributed by atoms with E-state index in [0.29, 0.717) is 0 Å². The number of rotatable bonds is 5. The van der Waals surface area contributed by atoms with Gasteiger partial charge in [-0.1, -0.05) is 146 Å². The summed E-state index contributed by atoms with van der Waals surface area (Å²) in [5.74, 6) is 0. The molecule has 0 atom stereocenters. The molecule has 8 aromatic carbocycles. The Hall–Kier alpha value is -6.42. The molecule has 0 saturated carbocycles. The molecule has 0 fully saturated rings.